The number of amides is 1. The second kappa shape index (κ2) is 6.36. The van der Waals surface area contributed by atoms with Gasteiger partial charge in [-0.05, 0) is 17.7 Å². The van der Waals surface area contributed by atoms with Crippen LogP contribution in [0, 0.1) is 18.3 Å². The number of hydrogen-bond acceptors (Lipinski definition) is 2. The minimum Gasteiger partial charge on any atom is -0.487 e. The highest BCUT2D eigenvalue weighted by atomic mass is 16.5. The largest absolute Gasteiger partial charge is 0.487 e. The molecule has 1 aliphatic rings. The molecule has 1 heterocycles. The van der Waals surface area contributed by atoms with Crippen LogP contribution in [0.3, 0.4) is 0 Å². The SMILES string of the molecule is C#CC1CC(=O)N(c2ccccc2OCc2ccccc2)C1. The van der Waals surface area contributed by atoms with Crippen LogP contribution in [0.25, 0.3) is 0 Å². The highest BCUT2D eigenvalue weighted by Crippen LogP contribution is 2.33. The summed E-state index contributed by atoms with van der Waals surface area (Å²) in [4.78, 5) is 13.9. The Balaban J connectivity index is 1.79. The zero-order valence-electron chi connectivity index (χ0n) is 12.2. The van der Waals surface area contributed by atoms with Gasteiger partial charge in [-0.1, -0.05) is 42.5 Å². The number of para-hydroxylation sites is 2. The van der Waals surface area contributed by atoms with Crippen LogP contribution in [0.1, 0.15) is 12.0 Å². The normalized spacial score (nSPS) is 17.3. The molecule has 1 atom stereocenters. The Kier molecular flexibility index (Phi) is 4.11. The van der Waals surface area contributed by atoms with Crippen LogP contribution >= 0.6 is 0 Å². The predicted octanol–water partition coefficient (Wildman–Crippen LogP) is 3.25. The molecular weight excluding hydrogens is 274 g/mol. The van der Waals surface area contributed by atoms with Crippen molar-refractivity contribution in [1.82, 2.24) is 0 Å². The monoisotopic (exact) mass is 291 g/mol. The maximum Gasteiger partial charge on any atom is 0.228 e. The number of nitrogens with zero attached hydrogens (tertiary/aromatic N) is 1. The summed E-state index contributed by atoms with van der Waals surface area (Å²) in [5, 5.41) is 0. The van der Waals surface area contributed by atoms with E-state index in [1.165, 1.54) is 0 Å². The first-order chi connectivity index (χ1) is 10.8. The summed E-state index contributed by atoms with van der Waals surface area (Å²) in [6, 6.07) is 17.5. The molecule has 1 unspecified atom stereocenters. The second-order valence-electron chi connectivity index (χ2n) is 5.31. The van der Waals surface area contributed by atoms with E-state index in [-0.39, 0.29) is 11.8 Å². The molecule has 0 N–H and O–H groups in total. The lowest BCUT2D eigenvalue weighted by atomic mass is 10.1. The zero-order valence-corrected chi connectivity index (χ0v) is 12.2. The molecule has 110 valence electrons. The van der Waals surface area contributed by atoms with Gasteiger partial charge in [0.2, 0.25) is 5.91 Å². The van der Waals surface area contributed by atoms with Gasteiger partial charge in [-0.2, -0.15) is 0 Å². The second-order valence-corrected chi connectivity index (χ2v) is 5.31. The Morgan fingerprint density at radius 1 is 1.14 bits per heavy atom. The Hall–Kier alpha value is -2.73. The van der Waals surface area contributed by atoms with E-state index < -0.39 is 0 Å². The van der Waals surface area contributed by atoms with Crippen molar-refractivity contribution in [3.8, 4) is 18.1 Å². The first-order valence-electron chi connectivity index (χ1n) is 7.30. The Bertz CT molecular complexity index is 703. The average molecular weight is 291 g/mol. The van der Waals surface area contributed by atoms with E-state index in [0.717, 1.165) is 11.3 Å². The summed E-state index contributed by atoms with van der Waals surface area (Å²) in [7, 11) is 0. The smallest absolute Gasteiger partial charge is 0.228 e. The molecule has 3 heteroatoms. The molecule has 1 saturated heterocycles. The number of terminal acetylenes is 1. The van der Waals surface area contributed by atoms with Crippen molar-refractivity contribution in [3.63, 3.8) is 0 Å². The topological polar surface area (TPSA) is 29.5 Å². The van der Waals surface area contributed by atoms with E-state index in [4.69, 9.17) is 11.2 Å². The molecule has 2 aromatic carbocycles. The number of carbonyl (C=O) groups excluding carboxylic acids is 1. The lowest BCUT2D eigenvalue weighted by molar-refractivity contribution is -0.117. The first kappa shape index (κ1) is 14.2. The summed E-state index contributed by atoms with van der Waals surface area (Å²) in [5.74, 6) is 3.41. The quantitative estimate of drug-likeness (QED) is 0.809. The van der Waals surface area contributed by atoms with Crippen molar-refractivity contribution in [1.29, 1.82) is 0 Å². The third-order valence-electron chi connectivity index (χ3n) is 3.75. The third-order valence-corrected chi connectivity index (χ3v) is 3.75. The summed E-state index contributed by atoms with van der Waals surface area (Å²) in [6.07, 6.45) is 5.86. The number of rotatable bonds is 4. The Morgan fingerprint density at radius 3 is 2.59 bits per heavy atom. The minimum absolute atomic E-state index is 0.0188. The number of benzene rings is 2. The van der Waals surface area contributed by atoms with E-state index >= 15 is 0 Å². The van der Waals surface area contributed by atoms with Gasteiger partial charge < -0.3 is 9.64 Å². The zero-order chi connectivity index (χ0) is 15.4. The molecule has 0 spiro atoms. The molecule has 22 heavy (non-hydrogen) atoms. The van der Waals surface area contributed by atoms with Gasteiger partial charge in [0.25, 0.3) is 0 Å². The van der Waals surface area contributed by atoms with Gasteiger partial charge in [-0.25, -0.2) is 0 Å². The Labute approximate surface area is 130 Å². The van der Waals surface area contributed by atoms with Crippen LogP contribution in [0.2, 0.25) is 0 Å². The fourth-order valence-electron chi connectivity index (χ4n) is 2.59. The van der Waals surface area contributed by atoms with Crippen molar-refractivity contribution in [2.75, 3.05) is 11.4 Å². The molecule has 3 rings (SSSR count). The number of hydrogen-bond donors (Lipinski definition) is 0. The fraction of sp³-hybridized carbons (Fsp3) is 0.211. The van der Waals surface area contributed by atoms with Gasteiger partial charge in [-0.3, -0.25) is 4.79 Å². The minimum atomic E-state index is -0.0188. The number of ether oxygens (including phenoxy) is 1. The van der Waals surface area contributed by atoms with Crippen molar-refractivity contribution in [2.45, 2.75) is 13.0 Å². The van der Waals surface area contributed by atoms with Crippen LogP contribution in [-0.2, 0) is 11.4 Å². The van der Waals surface area contributed by atoms with Crippen molar-refractivity contribution in [3.05, 3.63) is 60.2 Å². The molecule has 0 aliphatic carbocycles. The highest BCUT2D eigenvalue weighted by Gasteiger charge is 2.30. The van der Waals surface area contributed by atoms with Crippen LogP contribution in [-0.4, -0.2) is 12.5 Å². The van der Waals surface area contributed by atoms with E-state index in [1.807, 2.05) is 54.6 Å². The third kappa shape index (κ3) is 2.96. The number of anilines is 1. The van der Waals surface area contributed by atoms with Crippen LogP contribution in [0.15, 0.2) is 54.6 Å². The molecule has 0 saturated carbocycles. The van der Waals surface area contributed by atoms with Gasteiger partial charge in [0.1, 0.15) is 12.4 Å². The van der Waals surface area contributed by atoms with E-state index in [0.29, 0.717) is 25.3 Å². The molecule has 3 nitrogen and oxygen atoms in total. The van der Waals surface area contributed by atoms with E-state index in [1.54, 1.807) is 4.90 Å². The molecule has 1 aliphatic heterocycles. The lowest BCUT2D eigenvalue weighted by Gasteiger charge is -2.20. The van der Waals surface area contributed by atoms with Crippen molar-refractivity contribution in [2.24, 2.45) is 5.92 Å². The fourth-order valence-corrected chi connectivity index (χ4v) is 2.59. The van der Waals surface area contributed by atoms with Gasteiger partial charge in [-0.15, -0.1) is 12.3 Å². The summed E-state index contributed by atoms with van der Waals surface area (Å²) >= 11 is 0. The lowest BCUT2D eigenvalue weighted by Crippen LogP contribution is -2.25. The predicted molar refractivity (Wildman–Crippen MR) is 86.5 cm³/mol. The Morgan fingerprint density at radius 2 is 1.86 bits per heavy atom. The first-order valence-corrected chi connectivity index (χ1v) is 7.30. The molecule has 0 radical (unpaired) electrons. The van der Waals surface area contributed by atoms with E-state index in [9.17, 15) is 4.79 Å². The van der Waals surface area contributed by atoms with Gasteiger partial charge >= 0.3 is 0 Å². The number of carbonyl (C=O) groups is 1. The average Bonchev–Trinajstić information content (AvgIpc) is 2.95. The maximum absolute atomic E-state index is 12.1. The molecule has 2 aromatic rings. The molecule has 0 bridgehead atoms. The van der Waals surface area contributed by atoms with Gasteiger partial charge in [0, 0.05) is 18.9 Å². The molecular formula is C19H17NO2. The van der Waals surface area contributed by atoms with E-state index in [2.05, 4.69) is 5.92 Å². The molecule has 1 fully saturated rings. The van der Waals surface area contributed by atoms with Crippen molar-refractivity contribution < 1.29 is 9.53 Å². The molecule has 0 aromatic heterocycles. The van der Waals surface area contributed by atoms with Gasteiger partial charge in [0.05, 0.1) is 5.69 Å². The van der Waals surface area contributed by atoms with Crippen LogP contribution in [0.4, 0.5) is 5.69 Å². The van der Waals surface area contributed by atoms with Gasteiger partial charge in [0.15, 0.2) is 0 Å². The standard InChI is InChI=1S/C19H17NO2/c1-2-15-12-19(21)20(13-15)17-10-6-7-11-18(17)22-14-16-8-4-3-5-9-16/h1,3-11,15H,12-14H2. The van der Waals surface area contributed by atoms with Crippen LogP contribution < -0.4 is 9.64 Å². The van der Waals surface area contributed by atoms with Crippen molar-refractivity contribution >= 4 is 11.6 Å². The maximum atomic E-state index is 12.1. The van der Waals surface area contributed by atoms with Crippen LogP contribution in [0.5, 0.6) is 5.75 Å². The summed E-state index contributed by atoms with van der Waals surface area (Å²) in [6.45, 7) is 1.03. The molecule has 1 amide bonds. The summed E-state index contributed by atoms with van der Waals surface area (Å²) < 4.78 is 5.91. The highest BCUT2D eigenvalue weighted by molar-refractivity contribution is 5.97. The summed E-state index contributed by atoms with van der Waals surface area (Å²) in [5.41, 5.74) is 1.88.